The molecule has 0 amide bonds. The lowest BCUT2D eigenvalue weighted by molar-refractivity contribution is -0.137. The Bertz CT molecular complexity index is 386. The highest BCUT2D eigenvalue weighted by molar-refractivity contribution is 5.25. The number of halogens is 3. The molecule has 1 N–H and O–H groups in total. The Hall–Kier alpha value is -1.03. The van der Waals surface area contributed by atoms with Gasteiger partial charge in [-0.15, -0.1) is 0 Å². The molecule has 0 saturated heterocycles. The van der Waals surface area contributed by atoms with Crippen molar-refractivity contribution in [3.63, 3.8) is 0 Å². The minimum absolute atomic E-state index is 0.507. The molecule has 2 rings (SSSR count). The summed E-state index contributed by atoms with van der Waals surface area (Å²) in [6.45, 7) is 3.60. The highest BCUT2D eigenvalue weighted by Gasteiger charge is 2.32. The van der Waals surface area contributed by atoms with E-state index in [0.29, 0.717) is 18.0 Å². The van der Waals surface area contributed by atoms with Crippen LogP contribution in [0.4, 0.5) is 13.2 Å². The van der Waals surface area contributed by atoms with Gasteiger partial charge in [-0.2, -0.15) is 13.2 Å². The first-order valence-corrected chi connectivity index (χ1v) is 5.83. The lowest BCUT2D eigenvalue weighted by Gasteiger charge is -2.09. The zero-order chi connectivity index (χ0) is 12.5. The van der Waals surface area contributed by atoms with E-state index in [1.807, 2.05) is 0 Å². The smallest absolute Gasteiger partial charge is 0.312 e. The van der Waals surface area contributed by atoms with E-state index in [2.05, 4.69) is 12.2 Å². The molecule has 94 valence electrons. The van der Waals surface area contributed by atoms with E-state index in [4.69, 9.17) is 0 Å². The van der Waals surface area contributed by atoms with Gasteiger partial charge < -0.3 is 5.32 Å². The molecule has 1 aliphatic carbocycles. The third-order valence-electron chi connectivity index (χ3n) is 3.27. The van der Waals surface area contributed by atoms with Crippen LogP contribution in [0, 0.1) is 11.8 Å². The summed E-state index contributed by atoms with van der Waals surface area (Å²) in [6, 6.07) is 5.49. The van der Waals surface area contributed by atoms with Crippen molar-refractivity contribution >= 4 is 0 Å². The van der Waals surface area contributed by atoms with Crippen molar-refractivity contribution in [2.45, 2.75) is 26.1 Å². The number of rotatable bonds is 4. The molecular formula is C13H16F3N. The molecule has 0 aromatic heterocycles. The van der Waals surface area contributed by atoms with E-state index in [1.165, 1.54) is 18.6 Å². The van der Waals surface area contributed by atoms with Crippen LogP contribution >= 0.6 is 0 Å². The van der Waals surface area contributed by atoms with E-state index < -0.39 is 11.7 Å². The van der Waals surface area contributed by atoms with Crippen molar-refractivity contribution in [1.29, 1.82) is 0 Å². The minimum atomic E-state index is -4.25. The van der Waals surface area contributed by atoms with Gasteiger partial charge in [-0.3, -0.25) is 0 Å². The van der Waals surface area contributed by atoms with Crippen molar-refractivity contribution < 1.29 is 13.2 Å². The lowest BCUT2D eigenvalue weighted by Crippen LogP contribution is -2.17. The molecule has 0 bridgehead atoms. The summed E-state index contributed by atoms with van der Waals surface area (Å²) in [4.78, 5) is 0. The number of hydrogen-bond donors (Lipinski definition) is 1. The first-order valence-electron chi connectivity index (χ1n) is 5.83. The molecule has 1 aromatic carbocycles. The van der Waals surface area contributed by atoms with E-state index in [0.717, 1.165) is 18.5 Å². The van der Waals surface area contributed by atoms with E-state index in [1.54, 1.807) is 6.07 Å². The highest BCUT2D eigenvalue weighted by atomic mass is 19.4. The van der Waals surface area contributed by atoms with Crippen LogP contribution in [0.3, 0.4) is 0 Å². The maximum absolute atomic E-state index is 12.5. The Morgan fingerprint density at radius 3 is 2.65 bits per heavy atom. The molecule has 1 aromatic rings. The Kier molecular flexibility index (Phi) is 3.43. The summed E-state index contributed by atoms with van der Waals surface area (Å²) in [6.07, 6.45) is -3.02. The third-order valence-corrected chi connectivity index (χ3v) is 3.27. The number of nitrogens with one attached hydrogen (secondary N) is 1. The minimum Gasteiger partial charge on any atom is -0.312 e. The quantitative estimate of drug-likeness (QED) is 0.854. The fourth-order valence-corrected chi connectivity index (χ4v) is 1.94. The molecule has 1 nitrogen and oxygen atoms in total. The zero-order valence-corrected chi connectivity index (χ0v) is 9.72. The average Bonchev–Trinajstić information content (AvgIpc) is 2.94. The van der Waals surface area contributed by atoms with Crippen molar-refractivity contribution in [1.82, 2.24) is 5.32 Å². The molecule has 1 fully saturated rings. The predicted octanol–water partition coefficient (Wildman–Crippen LogP) is 3.45. The number of hydrogen-bond acceptors (Lipinski definition) is 1. The Morgan fingerprint density at radius 2 is 2.06 bits per heavy atom. The van der Waals surface area contributed by atoms with Crippen LogP contribution in [0.2, 0.25) is 0 Å². The molecule has 17 heavy (non-hydrogen) atoms. The molecule has 1 aliphatic rings. The van der Waals surface area contributed by atoms with Crippen LogP contribution in [0.25, 0.3) is 0 Å². The monoisotopic (exact) mass is 243 g/mol. The van der Waals surface area contributed by atoms with Gasteiger partial charge in [-0.05, 0) is 36.4 Å². The Labute approximate surface area is 99.0 Å². The molecule has 0 heterocycles. The molecule has 1 saturated carbocycles. The van der Waals surface area contributed by atoms with E-state index >= 15 is 0 Å². The largest absolute Gasteiger partial charge is 0.416 e. The zero-order valence-electron chi connectivity index (χ0n) is 9.72. The fourth-order valence-electron chi connectivity index (χ4n) is 1.94. The average molecular weight is 243 g/mol. The standard InChI is InChI=1S/C13H16F3N/c1-9-5-11(9)8-17-7-10-3-2-4-12(6-10)13(14,15)16/h2-4,6,9,11,17H,5,7-8H2,1H3. The highest BCUT2D eigenvalue weighted by Crippen LogP contribution is 2.36. The fraction of sp³-hybridized carbons (Fsp3) is 0.538. The maximum atomic E-state index is 12.5. The van der Waals surface area contributed by atoms with E-state index in [-0.39, 0.29) is 0 Å². The summed E-state index contributed by atoms with van der Waals surface area (Å²) >= 11 is 0. The van der Waals surface area contributed by atoms with Gasteiger partial charge in [0.15, 0.2) is 0 Å². The van der Waals surface area contributed by atoms with Crippen LogP contribution < -0.4 is 5.32 Å². The van der Waals surface area contributed by atoms with Crippen molar-refractivity contribution in [2.24, 2.45) is 11.8 Å². The topological polar surface area (TPSA) is 12.0 Å². The van der Waals surface area contributed by atoms with Gasteiger partial charge in [0.2, 0.25) is 0 Å². The SMILES string of the molecule is CC1CC1CNCc1cccc(C(F)(F)F)c1. The normalized spacial score (nSPS) is 23.8. The van der Waals surface area contributed by atoms with Gasteiger partial charge >= 0.3 is 6.18 Å². The van der Waals surface area contributed by atoms with Crippen molar-refractivity contribution in [2.75, 3.05) is 6.54 Å². The summed E-state index contributed by atoms with van der Waals surface area (Å²) in [7, 11) is 0. The molecule has 0 aliphatic heterocycles. The first kappa shape index (κ1) is 12.4. The van der Waals surface area contributed by atoms with Gasteiger partial charge in [-0.25, -0.2) is 0 Å². The number of benzene rings is 1. The van der Waals surface area contributed by atoms with Crippen LogP contribution in [0.15, 0.2) is 24.3 Å². The van der Waals surface area contributed by atoms with Crippen molar-refractivity contribution in [3.8, 4) is 0 Å². The van der Waals surface area contributed by atoms with Crippen LogP contribution in [-0.4, -0.2) is 6.54 Å². The molecule has 2 unspecified atom stereocenters. The molecular weight excluding hydrogens is 227 g/mol. The maximum Gasteiger partial charge on any atom is 0.416 e. The Morgan fingerprint density at radius 1 is 1.35 bits per heavy atom. The van der Waals surface area contributed by atoms with Gasteiger partial charge in [0.25, 0.3) is 0 Å². The second kappa shape index (κ2) is 4.69. The Balaban J connectivity index is 1.88. The van der Waals surface area contributed by atoms with Gasteiger partial charge in [0.1, 0.15) is 0 Å². The van der Waals surface area contributed by atoms with Gasteiger partial charge in [0.05, 0.1) is 5.56 Å². The summed E-state index contributed by atoms with van der Waals surface area (Å²) < 4.78 is 37.4. The third kappa shape index (κ3) is 3.46. The summed E-state index contributed by atoms with van der Waals surface area (Å²) in [5.74, 6) is 1.48. The van der Waals surface area contributed by atoms with Gasteiger partial charge in [0, 0.05) is 6.54 Å². The van der Waals surface area contributed by atoms with Crippen LogP contribution in [0.1, 0.15) is 24.5 Å². The van der Waals surface area contributed by atoms with E-state index in [9.17, 15) is 13.2 Å². The first-order chi connectivity index (χ1) is 7.97. The molecule has 2 atom stereocenters. The second-order valence-electron chi connectivity index (χ2n) is 4.80. The summed E-state index contributed by atoms with van der Waals surface area (Å²) in [5.41, 5.74) is 0.115. The molecule has 0 radical (unpaired) electrons. The van der Waals surface area contributed by atoms with Gasteiger partial charge in [-0.1, -0.05) is 25.1 Å². The van der Waals surface area contributed by atoms with Crippen LogP contribution in [-0.2, 0) is 12.7 Å². The van der Waals surface area contributed by atoms with Crippen LogP contribution in [0.5, 0.6) is 0 Å². The summed E-state index contributed by atoms with van der Waals surface area (Å²) in [5, 5.41) is 3.21. The number of alkyl halides is 3. The second-order valence-corrected chi connectivity index (χ2v) is 4.80. The molecule has 0 spiro atoms. The predicted molar refractivity (Wildman–Crippen MR) is 60.4 cm³/mol. The lowest BCUT2D eigenvalue weighted by atomic mass is 10.1. The molecule has 4 heteroatoms. The van der Waals surface area contributed by atoms with Crippen molar-refractivity contribution in [3.05, 3.63) is 35.4 Å².